The third-order valence-electron chi connectivity index (χ3n) is 7.30. The van der Waals surface area contributed by atoms with E-state index in [4.69, 9.17) is 30.2 Å². The summed E-state index contributed by atoms with van der Waals surface area (Å²) >= 11 is 7.71. The van der Waals surface area contributed by atoms with Crippen molar-refractivity contribution in [2.75, 3.05) is 26.4 Å². The van der Waals surface area contributed by atoms with Crippen LogP contribution in [0.2, 0.25) is 5.02 Å². The van der Waals surface area contributed by atoms with Crippen LogP contribution in [0.5, 0.6) is 11.5 Å². The first-order valence-electron chi connectivity index (χ1n) is 15.6. The van der Waals surface area contributed by atoms with Gasteiger partial charge >= 0.3 is 5.97 Å². The molecule has 0 bridgehead atoms. The quantitative estimate of drug-likeness (QED) is 0.0667. The number of nitrogens with one attached hydrogen (secondary N) is 2. The van der Waals surface area contributed by atoms with Crippen LogP contribution in [0.4, 0.5) is 8.78 Å². The van der Waals surface area contributed by atoms with Crippen molar-refractivity contribution in [3.05, 3.63) is 123 Å². The van der Waals surface area contributed by atoms with E-state index in [9.17, 15) is 23.2 Å². The number of para-hydroxylation sites is 1. The smallest absolute Gasteiger partial charge is 0.325 e. The second-order valence-electron chi connectivity index (χ2n) is 11.0. The lowest BCUT2D eigenvalue weighted by Gasteiger charge is -2.17. The highest BCUT2D eigenvalue weighted by Crippen LogP contribution is 2.32. The van der Waals surface area contributed by atoms with Crippen LogP contribution in [0.15, 0.2) is 99.0 Å². The molecule has 0 aliphatic rings. The molecule has 0 spiro atoms. The first kappa shape index (κ1) is 36.4. The summed E-state index contributed by atoms with van der Waals surface area (Å²) in [6.07, 6.45) is -0.00570. The average molecular weight is 723 g/mol. The molecule has 0 fully saturated rings. The summed E-state index contributed by atoms with van der Waals surface area (Å²) in [5, 5.41) is 3.26. The number of ether oxygens (including phenoxy) is 3. The maximum Gasteiger partial charge on any atom is 0.325 e. The van der Waals surface area contributed by atoms with Crippen molar-refractivity contribution in [3.63, 3.8) is 0 Å². The zero-order valence-corrected chi connectivity index (χ0v) is 28.7. The van der Waals surface area contributed by atoms with Crippen LogP contribution < -0.4 is 24.9 Å². The Hall–Kier alpha value is -4.91. The maximum atomic E-state index is 14.0. The van der Waals surface area contributed by atoms with E-state index in [0.717, 1.165) is 22.6 Å². The Kier molecular flexibility index (Phi) is 12.5. The molecule has 2 N–H and O–H groups in total. The number of hydrogen-bond acceptors (Lipinski definition) is 9. The Morgan fingerprint density at radius 1 is 0.940 bits per heavy atom. The summed E-state index contributed by atoms with van der Waals surface area (Å²) in [6.45, 7) is 3.76. The predicted molar refractivity (Wildman–Crippen MR) is 188 cm³/mol. The monoisotopic (exact) mass is 722 g/mol. The fourth-order valence-electron chi connectivity index (χ4n) is 4.78. The van der Waals surface area contributed by atoms with E-state index in [1.54, 1.807) is 49.4 Å². The van der Waals surface area contributed by atoms with E-state index in [-0.39, 0.29) is 71.8 Å². The SMILES string of the molecule is CCOC(=O)C(CNC(=O)Cc1ccc(OCCOc2c(-c3ccc(F)c(F)c3)oc3ccccc3c2=O)c(Cl)c1)NSc1ccc(C)cc1. The van der Waals surface area contributed by atoms with Crippen LogP contribution in [-0.4, -0.2) is 44.3 Å². The number of esters is 1. The Labute approximate surface area is 296 Å². The molecule has 1 aromatic heterocycles. The van der Waals surface area contributed by atoms with Crippen LogP contribution in [0.3, 0.4) is 0 Å². The summed E-state index contributed by atoms with van der Waals surface area (Å²) in [7, 11) is 0. The highest BCUT2D eigenvalue weighted by atomic mass is 35.5. The zero-order chi connectivity index (χ0) is 35.6. The molecule has 0 saturated carbocycles. The molecule has 1 heterocycles. The number of carbonyl (C=O) groups excluding carboxylic acids is 2. The minimum Gasteiger partial charge on any atom is -0.488 e. The van der Waals surface area contributed by atoms with Crippen molar-refractivity contribution in [2.24, 2.45) is 0 Å². The number of aryl methyl sites for hydroxylation is 1. The van der Waals surface area contributed by atoms with Crippen LogP contribution in [0.1, 0.15) is 18.1 Å². The molecule has 0 saturated heterocycles. The van der Waals surface area contributed by atoms with E-state index in [1.165, 1.54) is 18.0 Å². The Morgan fingerprint density at radius 3 is 2.44 bits per heavy atom. The van der Waals surface area contributed by atoms with E-state index in [2.05, 4.69) is 10.0 Å². The summed E-state index contributed by atoms with van der Waals surface area (Å²) in [6, 6.07) is 21.5. The number of hydrogen-bond donors (Lipinski definition) is 2. The topological polar surface area (TPSA) is 116 Å². The van der Waals surface area contributed by atoms with Gasteiger partial charge in [-0.1, -0.05) is 47.5 Å². The second-order valence-corrected chi connectivity index (χ2v) is 12.3. The molecule has 13 heteroatoms. The predicted octanol–water partition coefficient (Wildman–Crippen LogP) is 7.05. The van der Waals surface area contributed by atoms with Gasteiger partial charge in [-0.3, -0.25) is 14.4 Å². The van der Waals surface area contributed by atoms with Crippen LogP contribution >= 0.6 is 23.5 Å². The number of fused-ring (bicyclic) bond motifs is 1. The standard InChI is InChI=1S/C37H33ClF2N2O7S/c1-3-46-37(45)30(42-50-25-12-8-22(2)9-13-25)21-41-33(43)19-23-10-15-32(27(38)18-23)47-16-17-48-36-34(44)26-6-4-5-7-31(26)49-35(36)24-11-14-28(39)29(40)20-24/h4-15,18,20,30,42H,3,16-17,19,21H2,1-2H3,(H,41,43). The highest BCUT2D eigenvalue weighted by Gasteiger charge is 2.22. The lowest BCUT2D eigenvalue weighted by atomic mass is 10.1. The fourth-order valence-corrected chi connectivity index (χ4v) is 5.76. The van der Waals surface area contributed by atoms with Crippen molar-refractivity contribution in [1.29, 1.82) is 0 Å². The number of benzene rings is 4. The molecule has 4 aromatic carbocycles. The molecule has 0 aliphatic heterocycles. The van der Waals surface area contributed by atoms with Crippen LogP contribution in [0, 0.1) is 18.6 Å². The van der Waals surface area contributed by atoms with Gasteiger partial charge in [-0.25, -0.2) is 13.5 Å². The molecule has 0 radical (unpaired) electrons. The molecular weight excluding hydrogens is 690 g/mol. The maximum absolute atomic E-state index is 14.0. The van der Waals surface area contributed by atoms with Gasteiger partial charge < -0.3 is 23.9 Å². The zero-order valence-electron chi connectivity index (χ0n) is 27.1. The number of halogens is 3. The van der Waals surface area contributed by atoms with Gasteiger partial charge in [0.25, 0.3) is 0 Å². The first-order chi connectivity index (χ1) is 24.1. The van der Waals surface area contributed by atoms with Crippen molar-refractivity contribution < 1.29 is 37.0 Å². The van der Waals surface area contributed by atoms with Gasteiger partial charge in [-0.05, 0) is 86.0 Å². The minimum absolute atomic E-state index is 0.00570. The number of carbonyl (C=O) groups is 2. The van der Waals surface area contributed by atoms with Crippen LogP contribution in [0.25, 0.3) is 22.3 Å². The number of rotatable bonds is 15. The largest absolute Gasteiger partial charge is 0.488 e. The van der Waals surface area contributed by atoms with Gasteiger partial charge in [-0.15, -0.1) is 0 Å². The Morgan fingerprint density at radius 2 is 1.70 bits per heavy atom. The van der Waals surface area contributed by atoms with Crippen LogP contribution in [-0.2, 0) is 20.7 Å². The van der Waals surface area contributed by atoms with E-state index in [0.29, 0.717) is 11.3 Å². The third-order valence-corrected chi connectivity index (χ3v) is 8.51. The lowest BCUT2D eigenvalue weighted by molar-refractivity contribution is -0.145. The molecule has 260 valence electrons. The normalized spacial score (nSPS) is 11.6. The summed E-state index contributed by atoms with van der Waals surface area (Å²) < 4.78 is 53.3. The van der Waals surface area contributed by atoms with Gasteiger partial charge in [0.1, 0.15) is 30.6 Å². The molecule has 1 unspecified atom stereocenters. The fraction of sp³-hybridized carbons (Fsp3) is 0.216. The molecule has 9 nitrogen and oxygen atoms in total. The molecule has 0 aliphatic carbocycles. The molecular formula is C37H33ClF2N2O7S. The van der Waals surface area contributed by atoms with Gasteiger partial charge in [-0.2, -0.15) is 0 Å². The molecule has 5 rings (SSSR count). The van der Waals surface area contributed by atoms with Gasteiger partial charge in [0.15, 0.2) is 17.4 Å². The molecule has 5 aromatic rings. The molecule has 1 amide bonds. The Bertz CT molecular complexity index is 2040. The van der Waals surface area contributed by atoms with Crippen molar-refractivity contribution in [3.8, 4) is 22.8 Å². The average Bonchev–Trinajstić information content (AvgIpc) is 3.10. The van der Waals surface area contributed by atoms with E-state index >= 15 is 0 Å². The summed E-state index contributed by atoms with van der Waals surface area (Å²) in [4.78, 5) is 39.5. The number of amides is 1. The summed E-state index contributed by atoms with van der Waals surface area (Å²) in [5.74, 6) is -2.88. The molecule has 50 heavy (non-hydrogen) atoms. The third kappa shape index (κ3) is 9.41. The van der Waals surface area contributed by atoms with Gasteiger partial charge in [0, 0.05) is 17.0 Å². The van der Waals surface area contributed by atoms with Gasteiger partial charge in [0.05, 0.1) is 23.4 Å². The van der Waals surface area contributed by atoms with E-state index < -0.39 is 29.1 Å². The van der Waals surface area contributed by atoms with Gasteiger partial charge in [0.2, 0.25) is 17.1 Å². The summed E-state index contributed by atoms with van der Waals surface area (Å²) in [5.41, 5.74) is 1.62. The van der Waals surface area contributed by atoms with Crippen molar-refractivity contribution >= 4 is 46.4 Å². The lowest BCUT2D eigenvalue weighted by Crippen LogP contribution is -2.44. The van der Waals surface area contributed by atoms with E-state index in [1.807, 2.05) is 31.2 Å². The minimum atomic E-state index is -1.10. The highest BCUT2D eigenvalue weighted by molar-refractivity contribution is 7.97. The van der Waals surface area contributed by atoms with Crippen molar-refractivity contribution in [1.82, 2.24) is 10.0 Å². The van der Waals surface area contributed by atoms with Crippen molar-refractivity contribution in [2.45, 2.75) is 31.2 Å². The Balaban J connectivity index is 1.17. The second kappa shape index (κ2) is 17.1. The first-order valence-corrected chi connectivity index (χ1v) is 16.8. The molecule has 1 atom stereocenters.